The molecule has 0 aliphatic heterocycles. The molecule has 0 radical (unpaired) electrons. The van der Waals surface area contributed by atoms with Crippen LogP contribution in [0.2, 0.25) is 0 Å². The fraction of sp³-hybridized carbons (Fsp3) is 0.812. The molecule has 1 saturated carbocycles. The molecule has 4 heteroatoms. The van der Waals surface area contributed by atoms with Gasteiger partial charge in [-0.3, -0.25) is 5.43 Å². The second-order valence-electron chi connectivity index (χ2n) is 6.23. The molecule has 0 spiro atoms. The van der Waals surface area contributed by atoms with Gasteiger partial charge < -0.3 is 5.32 Å². The summed E-state index contributed by atoms with van der Waals surface area (Å²) in [6.45, 7) is 2.27. The lowest BCUT2D eigenvalue weighted by Gasteiger charge is -2.40. The Balaban J connectivity index is 2.07. The zero-order chi connectivity index (χ0) is 14.4. The SMILES string of the molecule is CNC(=S)NN(C1CCCCC1)C1CCCC=C(C)C1. The molecule has 1 atom stereocenters. The molecule has 0 bridgehead atoms. The third kappa shape index (κ3) is 4.45. The summed E-state index contributed by atoms with van der Waals surface area (Å²) in [5.41, 5.74) is 5.01. The molecule has 0 heterocycles. The maximum absolute atomic E-state index is 5.35. The monoisotopic (exact) mass is 295 g/mol. The molecule has 0 aromatic rings. The fourth-order valence-electron chi connectivity index (χ4n) is 3.51. The quantitative estimate of drug-likeness (QED) is 0.473. The number of allylic oxidation sites excluding steroid dienone is 1. The second kappa shape index (κ2) is 7.99. The van der Waals surface area contributed by atoms with Gasteiger partial charge in [0.25, 0.3) is 0 Å². The smallest absolute Gasteiger partial charge is 0.180 e. The zero-order valence-electron chi connectivity index (χ0n) is 13.0. The van der Waals surface area contributed by atoms with Crippen LogP contribution in [-0.2, 0) is 0 Å². The van der Waals surface area contributed by atoms with Crippen LogP contribution in [0.15, 0.2) is 11.6 Å². The first kappa shape index (κ1) is 15.8. The fourth-order valence-corrected chi connectivity index (χ4v) is 3.61. The number of hydrogen-bond acceptors (Lipinski definition) is 2. The Morgan fingerprint density at radius 3 is 2.55 bits per heavy atom. The highest BCUT2D eigenvalue weighted by molar-refractivity contribution is 7.80. The molecule has 0 amide bonds. The number of hydrazine groups is 1. The average Bonchev–Trinajstić information content (AvgIpc) is 2.70. The van der Waals surface area contributed by atoms with E-state index >= 15 is 0 Å². The predicted molar refractivity (Wildman–Crippen MR) is 89.5 cm³/mol. The van der Waals surface area contributed by atoms with Gasteiger partial charge >= 0.3 is 0 Å². The van der Waals surface area contributed by atoms with E-state index < -0.39 is 0 Å². The van der Waals surface area contributed by atoms with Gasteiger partial charge in [-0.05, 0) is 57.7 Å². The van der Waals surface area contributed by atoms with E-state index in [0.29, 0.717) is 12.1 Å². The number of nitrogens with one attached hydrogen (secondary N) is 2. The Labute approximate surface area is 129 Å². The van der Waals surface area contributed by atoms with Crippen molar-refractivity contribution in [2.75, 3.05) is 7.05 Å². The van der Waals surface area contributed by atoms with Crippen LogP contribution >= 0.6 is 12.2 Å². The van der Waals surface area contributed by atoms with Crippen molar-refractivity contribution in [1.82, 2.24) is 15.8 Å². The van der Waals surface area contributed by atoms with Crippen LogP contribution in [0.3, 0.4) is 0 Å². The first-order valence-electron chi connectivity index (χ1n) is 8.13. The third-order valence-corrected chi connectivity index (χ3v) is 4.91. The van der Waals surface area contributed by atoms with Gasteiger partial charge in [-0.1, -0.05) is 30.9 Å². The Bertz CT molecular complexity index is 348. The molecule has 1 fully saturated rings. The van der Waals surface area contributed by atoms with Crippen LogP contribution in [0.4, 0.5) is 0 Å². The van der Waals surface area contributed by atoms with Gasteiger partial charge in [-0.2, -0.15) is 0 Å². The highest BCUT2D eigenvalue weighted by Crippen LogP contribution is 2.28. The molecule has 1 unspecified atom stereocenters. The van der Waals surface area contributed by atoms with Crippen LogP contribution in [0.5, 0.6) is 0 Å². The van der Waals surface area contributed by atoms with E-state index in [4.69, 9.17) is 12.2 Å². The van der Waals surface area contributed by atoms with E-state index in [1.165, 1.54) is 63.4 Å². The van der Waals surface area contributed by atoms with Crippen molar-refractivity contribution in [1.29, 1.82) is 0 Å². The van der Waals surface area contributed by atoms with Crippen molar-refractivity contribution in [3.05, 3.63) is 11.6 Å². The van der Waals surface area contributed by atoms with Gasteiger partial charge in [-0.25, -0.2) is 5.01 Å². The summed E-state index contributed by atoms with van der Waals surface area (Å²) in [7, 11) is 1.90. The maximum Gasteiger partial charge on any atom is 0.180 e. The summed E-state index contributed by atoms with van der Waals surface area (Å²) >= 11 is 5.35. The normalized spacial score (nSPS) is 24.9. The first-order valence-corrected chi connectivity index (χ1v) is 8.54. The highest BCUT2D eigenvalue weighted by atomic mass is 32.1. The number of thiocarbonyl (C=S) groups is 1. The van der Waals surface area contributed by atoms with Gasteiger partial charge in [0.15, 0.2) is 5.11 Å². The summed E-state index contributed by atoms with van der Waals surface area (Å²) < 4.78 is 0. The molecule has 20 heavy (non-hydrogen) atoms. The number of hydrogen-bond donors (Lipinski definition) is 2. The maximum atomic E-state index is 5.35. The van der Waals surface area contributed by atoms with E-state index in [1.807, 2.05) is 7.05 Å². The molecular weight excluding hydrogens is 266 g/mol. The van der Waals surface area contributed by atoms with Crippen molar-refractivity contribution in [3.63, 3.8) is 0 Å². The van der Waals surface area contributed by atoms with Crippen LogP contribution in [0.1, 0.15) is 64.7 Å². The number of nitrogens with zero attached hydrogens (tertiary/aromatic N) is 1. The van der Waals surface area contributed by atoms with Crippen LogP contribution in [0.25, 0.3) is 0 Å². The van der Waals surface area contributed by atoms with E-state index in [-0.39, 0.29) is 0 Å². The van der Waals surface area contributed by atoms with Crippen LogP contribution in [0, 0.1) is 0 Å². The van der Waals surface area contributed by atoms with Crippen molar-refractivity contribution in [2.45, 2.75) is 76.8 Å². The largest absolute Gasteiger partial charge is 0.365 e. The number of rotatable bonds is 3. The minimum atomic E-state index is 0.586. The van der Waals surface area contributed by atoms with Gasteiger partial charge in [0.2, 0.25) is 0 Å². The van der Waals surface area contributed by atoms with Crippen molar-refractivity contribution in [2.24, 2.45) is 0 Å². The third-order valence-electron chi connectivity index (χ3n) is 4.61. The minimum absolute atomic E-state index is 0.586. The van der Waals surface area contributed by atoms with Crippen LogP contribution < -0.4 is 10.7 Å². The topological polar surface area (TPSA) is 27.3 Å². The molecule has 2 N–H and O–H groups in total. The molecule has 2 rings (SSSR count). The minimum Gasteiger partial charge on any atom is -0.365 e. The molecule has 3 nitrogen and oxygen atoms in total. The molecule has 0 saturated heterocycles. The first-order chi connectivity index (χ1) is 9.70. The van der Waals surface area contributed by atoms with Crippen molar-refractivity contribution >= 4 is 17.3 Å². The van der Waals surface area contributed by atoms with Crippen molar-refractivity contribution < 1.29 is 0 Å². The molecular formula is C16H29N3S. The standard InChI is InChI=1S/C16H29N3S/c1-13-8-6-7-11-15(12-13)19(18-16(20)17-2)14-9-4-3-5-10-14/h8,14-15H,3-7,9-12H2,1-2H3,(H2,17,18,20). The summed E-state index contributed by atoms with van der Waals surface area (Å²) in [5.74, 6) is 0. The molecule has 0 aromatic heterocycles. The van der Waals surface area contributed by atoms with E-state index in [0.717, 1.165) is 5.11 Å². The van der Waals surface area contributed by atoms with E-state index in [2.05, 4.69) is 28.8 Å². The molecule has 2 aliphatic rings. The Kier molecular flexibility index (Phi) is 6.30. The predicted octanol–water partition coefficient (Wildman–Crippen LogP) is 3.52. The molecule has 2 aliphatic carbocycles. The second-order valence-corrected chi connectivity index (χ2v) is 6.64. The van der Waals surface area contributed by atoms with Crippen LogP contribution in [-0.4, -0.2) is 29.3 Å². The molecule has 114 valence electrons. The summed E-state index contributed by atoms with van der Waals surface area (Å²) in [6, 6.07) is 1.23. The Morgan fingerprint density at radius 1 is 1.15 bits per heavy atom. The van der Waals surface area contributed by atoms with E-state index in [1.54, 1.807) is 0 Å². The lowest BCUT2D eigenvalue weighted by molar-refractivity contribution is 0.0687. The molecule has 0 aromatic carbocycles. The zero-order valence-corrected chi connectivity index (χ0v) is 13.8. The van der Waals surface area contributed by atoms with Gasteiger partial charge in [0.05, 0.1) is 0 Å². The Hall–Kier alpha value is -0.610. The lowest BCUT2D eigenvalue weighted by atomic mass is 9.93. The lowest BCUT2D eigenvalue weighted by Crippen LogP contribution is -2.56. The summed E-state index contributed by atoms with van der Waals surface area (Å²) in [4.78, 5) is 0. The highest BCUT2D eigenvalue weighted by Gasteiger charge is 2.29. The summed E-state index contributed by atoms with van der Waals surface area (Å²) in [6.07, 6.45) is 14.1. The Morgan fingerprint density at radius 2 is 1.85 bits per heavy atom. The van der Waals surface area contributed by atoms with Crippen molar-refractivity contribution in [3.8, 4) is 0 Å². The van der Waals surface area contributed by atoms with Gasteiger partial charge in [0, 0.05) is 19.1 Å². The summed E-state index contributed by atoms with van der Waals surface area (Å²) in [5, 5.41) is 6.30. The van der Waals surface area contributed by atoms with E-state index in [9.17, 15) is 0 Å². The average molecular weight is 295 g/mol. The van der Waals surface area contributed by atoms with Gasteiger partial charge in [0.1, 0.15) is 0 Å². The van der Waals surface area contributed by atoms with Gasteiger partial charge in [-0.15, -0.1) is 0 Å².